The fourth-order valence-corrected chi connectivity index (χ4v) is 5.65. The number of halogens is 2. The topological polar surface area (TPSA) is 66.7 Å². The molecule has 2 aromatic heterocycles. The summed E-state index contributed by atoms with van der Waals surface area (Å²) in [7, 11) is 0. The van der Waals surface area contributed by atoms with Gasteiger partial charge in [-0.25, -0.2) is 13.8 Å². The summed E-state index contributed by atoms with van der Waals surface area (Å²) in [5.74, 6) is -0.708. The third-order valence-electron chi connectivity index (χ3n) is 6.70. The maximum Gasteiger partial charge on any atom is 0.251 e. The van der Waals surface area contributed by atoms with Crippen molar-refractivity contribution in [2.24, 2.45) is 0 Å². The molecule has 5 rings (SSSR count). The van der Waals surface area contributed by atoms with Gasteiger partial charge in [-0.2, -0.15) is 0 Å². The second-order valence-corrected chi connectivity index (χ2v) is 10.2. The van der Waals surface area contributed by atoms with Crippen LogP contribution in [0.3, 0.4) is 0 Å². The summed E-state index contributed by atoms with van der Waals surface area (Å²) in [5.41, 5.74) is 2.66. The second kappa shape index (κ2) is 10.4. The fourth-order valence-electron chi connectivity index (χ4n) is 4.60. The van der Waals surface area contributed by atoms with Crippen LogP contribution in [0, 0.1) is 5.82 Å². The Morgan fingerprint density at radius 1 is 1.14 bits per heavy atom. The second-order valence-electron chi connectivity index (χ2n) is 9.16. The van der Waals surface area contributed by atoms with E-state index >= 15 is 0 Å². The number of fused-ring (bicyclic) bond motifs is 3. The molecule has 0 unspecified atom stereocenters. The molecule has 3 heterocycles. The first kappa shape index (κ1) is 24.5. The van der Waals surface area contributed by atoms with Crippen molar-refractivity contribution in [3.63, 3.8) is 0 Å². The number of imidazole rings is 1. The SMILES string of the molecule is CCC(=O)c1ccc(-c2cn3c(n2)sc2cc(C(=O)NCCCN4CCC(F)CC4)ccc23)c(F)c1. The number of hydrogen-bond donors (Lipinski definition) is 1. The Hall–Kier alpha value is -3.17. The van der Waals surface area contributed by atoms with Crippen molar-refractivity contribution < 1.29 is 18.4 Å². The molecule has 2 aromatic carbocycles. The van der Waals surface area contributed by atoms with Gasteiger partial charge in [0.05, 0.1) is 15.9 Å². The van der Waals surface area contributed by atoms with Gasteiger partial charge in [-0.15, -0.1) is 0 Å². The van der Waals surface area contributed by atoms with Gasteiger partial charge in [0.15, 0.2) is 10.7 Å². The highest BCUT2D eigenvalue weighted by molar-refractivity contribution is 7.23. The number of piperidine rings is 1. The number of nitrogens with one attached hydrogen (secondary N) is 1. The number of carbonyl (C=O) groups is 2. The third-order valence-corrected chi connectivity index (χ3v) is 7.72. The zero-order valence-electron chi connectivity index (χ0n) is 20.1. The average molecular weight is 511 g/mol. The first-order valence-corrected chi connectivity index (χ1v) is 13.1. The number of amides is 1. The van der Waals surface area contributed by atoms with E-state index in [4.69, 9.17) is 0 Å². The van der Waals surface area contributed by atoms with Gasteiger partial charge in [-0.1, -0.05) is 24.3 Å². The fraction of sp³-hybridized carbons (Fsp3) is 0.370. The summed E-state index contributed by atoms with van der Waals surface area (Å²) in [4.78, 5) is 32.0. The molecule has 0 saturated carbocycles. The molecule has 0 bridgehead atoms. The van der Waals surface area contributed by atoms with E-state index in [0.29, 0.717) is 53.2 Å². The van der Waals surface area contributed by atoms with E-state index in [0.717, 1.165) is 36.3 Å². The van der Waals surface area contributed by atoms with Crippen LogP contribution in [0.1, 0.15) is 53.3 Å². The van der Waals surface area contributed by atoms with Gasteiger partial charge in [0, 0.05) is 48.9 Å². The maximum atomic E-state index is 14.7. The van der Waals surface area contributed by atoms with Crippen molar-refractivity contribution in [2.45, 2.75) is 38.8 Å². The number of hydrogen-bond acceptors (Lipinski definition) is 5. The van der Waals surface area contributed by atoms with E-state index in [2.05, 4.69) is 15.2 Å². The van der Waals surface area contributed by atoms with Crippen molar-refractivity contribution in [1.82, 2.24) is 19.6 Å². The summed E-state index contributed by atoms with van der Waals surface area (Å²) >= 11 is 1.43. The van der Waals surface area contributed by atoms with Crippen molar-refractivity contribution in [3.8, 4) is 11.3 Å². The van der Waals surface area contributed by atoms with Crippen LogP contribution in [0.5, 0.6) is 0 Å². The Morgan fingerprint density at radius 2 is 1.92 bits per heavy atom. The molecule has 188 valence electrons. The number of carbonyl (C=O) groups excluding carboxylic acids is 2. The van der Waals surface area contributed by atoms with Gasteiger partial charge in [0.2, 0.25) is 0 Å². The van der Waals surface area contributed by atoms with Crippen LogP contribution >= 0.6 is 11.3 Å². The minimum absolute atomic E-state index is 0.101. The Morgan fingerprint density at radius 3 is 2.67 bits per heavy atom. The first-order chi connectivity index (χ1) is 17.4. The number of ketones is 1. The molecule has 1 aliphatic rings. The molecule has 0 radical (unpaired) electrons. The normalized spacial score (nSPS) is 15.1. The van der Waals surface area contributed by atoms with Crippen LogP contribution in [0.15, 0.2) is 42.6 Å². The number of rotatable bonds is 8. The predicted molar refractivity (Wildman–Crippen MR) is 138 cm³/mol. The van der Waals surface area contributed by atoms with E-state index in [1.54, 1.807) is 31.3 Å². The van der Waals surface area contributed by atoms with Crippen LogP contribution in [-0.2, 0) is 0 Å². The monoisotopic (exact) mass is 510 g/mol. The number of benzene rings is 2. The van der Waals surface area contributed by atoms with Crippen molar-refractivity contribution >= 4 is 38.2 Å². The van der Waals surface area contributed by atoms with Crippen molar-refractivity contribution in [1.29, 1.82) is 0 Å². The lowest BCUT2D eigenvalue weighted by Crippen LogP contribution is -2.36. The zero-order valence-corrected chi connectivity index (χ0v) is 20.9. The third kappa shape index (κ3) is 5.03. The van der Waals surface area contributed by atoms with E-state index in [9.17, 15) is 18.4 Å². The molecule has 4 aromatic rings. The quantitative estimate of drug-likeness (QED) is 0.251. The van der Waals surface area contributed by atoms with Gasteiger partial charge in [0.1, 0.15) is 12.0 Å². The molecule has 0 atom stereocenters. The van der Waals surface area contributed by atoms with E-state index in [1.165, 1.54) is 17.4 Å². The van der Waals surface area contributed by atoms with Crippen molar-refractivity contribution in [2.75, 3.05) is 26.2 Å². The number of thiazole rings is 1. The highest BCUT2D eigenvalue weighted by atomic mass is 32.1. The number of alkyl halides is 1. The van der Waals surface area contributed by atoms with E-state index < -0.39 is 12.0 Å². The largest absolute Gasteiger partial charge is 0.352 e. The zero-order chi connectivity index (χ0) is 25.2. The van der Waals surface area contributed by atoms with Gasteiger partial charge in [-0.05, 0) is 56.1 Å². The first-order valence-electron chi connectivity index (χ1n) is 12.3. The molecule has 1 aliphatic heterocycles. The Kier molecular flexibility index (Phi) is 7.11. The Labute approximate surface area is 211 Å². The molecule has 0 spiro atoms. The van der Waals surface area contributed by atoms with Crippen LogP contribution in [0.25, 0.3) is 26.4 Å². The summed E-state index contributed by atoms with van der Waals surface area (Å²) in [6.07, 6.45) is 3.45. The predicted octanol–water partition coefficient (Wildman–Crippen LogP) is 5.50. The molecule has 1 amide bonds. The standard InChI is InChI=1S/C27H28F2N4O2S/c1-2-24(34)17-4-6-20(21(29)14-17)22-16-33-23-7-5-18(15-25(23)36-27(33)31-22)26(35)30-10-3-11-32-12-8-19(28)9-13-32/h4-7,14-16,19H,2-3,8-13H2,1H3,(H,30,35). The summed E-state index contributed by atoms with van der Waals surface area (Å²) in [6.45, 7) is 4.74. The van der Waals surface area contributed by atoms with Crippen LogP contribution in [0.2, 0.25) is 0 Å². The number of aromatic nitrogens is 2. The van der Waals surface area contributed by atoms with Crippen LogP contribution < -0.4 is 5.32 Å². The van der Waals surface area contributed by atoms with Gasteiger partial charge >= 0.3 is 0 Å². The molecule has 1 N–H and O–H groups in total. The lowest BCUT2D eigenvalue weighted by molar-refractivity contribution is 0.0948. The summed E-state index contributed by atoms with van der Waals surface area (Å²) in [6, 6.07) is 10.00. The number of likely N-dealkylation sites (tertiary alicyclic amines) is 1. The van der Waals surface area contributed by atoms with Gasteiger partial charge in [-0.3, -0.25) is 14.0 Å². The molecule has 36 heavy (non-hydrogen) atoms. The van der Waals surface area contributed by atoms with E-state index in [1.807, 2.05) is 16.5 Å². The molecule has 1 fully saturated rings. The molecule has 6 nitrogen and oxygen atoms in total. The minimum Gasteiger partial charge on any atom is -0.352 e. The smallest absolute Gasteiger partial charge is 0.251 e. The van der Waals surface area contributed by atoms with Gasteiger partial charge in [0.25, 0.3) is 5.91 Å². The lowest BCUT2D eigenvalue weighted by Gasteiger charge is -2.28. The molecule has 0 aliphatic carbocycles. The van der Waals surface area contributed by atoms with E-state index in [-0.39, 0.29) is 11.7 Å². The molecule has 1 saturated heterocycles. The molecule has 9 heteroatoms. The number of nitrogens with zero attached hydrogens (tertiary/aromatic N) is 3. The lowest BCUT2D eigenvalue weighted by atomic mass is 10.0. The molecular weight excluding hydrogens is 482 g/mol. The Bertz CT molecular complexity index is 1420. The van der Waals surface area contributed by atoms with Gasteiger partial charge < -0.3 is 10.2 Å². The highest BCUT2D eigenvalue weighted by Crippen LogP contribution is 2.31. The number of Topliss-reactive ketones (excluding diaryl/α,β-unsaturated/α-hetero) is 1. The van der Waals surface area contributed by atoms with Crippen LogP contribution in [0.4, 0.5) is 8.78 Å². The highest BCUT2D eigenvalue weighted by Gasteiger charge is 2.18. The van der Waals surface area contributed by atoms with Crippen LogP contribution in [-0.4, -0.2) is 58.3 Å². The average Bonchev–Trinajstić information content (AvgIpc) is 3.44. The maximum absolute atomic E-state index is 14.7. The van der Waals surface area contributed by atoms with Crippen molar-refractivity contribution in [3.05, 3.63) is 59.5 Å². The summed E-state index contributed by atoms with van der Waals surface area (Å²) in [5, 5.41) is 2.97. The Balaban J connectivity index is 1.25. The molecular formula is C27H28F2N4O2S. The summed E-state index contributed by atoms with van der Waals surface area (Å²) < 4.78 is 30.8. The minimum atomic E-state index is -0.673.